The Bertz CT molecular complexity index is 940. The van der Waals surface area contributed by atoms with Crippen LogP contribution >= 0.6 is 0 Å². The molecule has 1 N–H and O–H groups in total. The summed E-state index contributed by atoms with van der Waals surface area (Å²) < 4.78 is 15.4. The zero-order valence-corrected chi connectivity index (χ0v) is 16.1. The van der Waals surface area contributed by atoms with Gasteiger partial charge in [-0.05, 0) is 36.8 Å². The van der Waals surface area contributed by atoms with E-state index in [1.54, 1.807) is 24.3 Å². The Morgan fingerprint density at radius 2 is 1.79 bits per heavy atom. The maximum atomic E-state index is 12.2. The minimum absolute atomic E-state index is 0.0197. The molecular formula is C20H20N2O7. The quantitative estimate of drug-likeness (QED) is 0.313. The summed E-state index contributed by atoms with van der Waals surface area (Å²) >= 11 is 0. The van der Waals surface area contributed by atoms with Gasteiger partial charge in [-0.3, -0.25) is 14.9 Å². The third-order valence-electron chi connectivity index (χ3n) is 3.84. The number of carbonyl (C=O) groups is 2. The first-order chi connectivity index (χ1) is 13.8. The normalized spacial score (nSPS) is 11.6. The van der Waals surface area contributed by atoms with Gasteiger partial charge in [0.25, 0.3) is 11.6 Å². The molecule has 1 amide bonds. The highest BCUT2D eigenvalue weighted by Gasteiger charge is 2.20. The highest BCUT2D eigenvalue weighted by Crippen LogP contribution is 2.28. The number of methoxy groups -OCH3 is 2. The van der Waals surface area contributed by atoms with Crippen molar-refractivity contribution in [3.8, 4) is 11.5 Å². The number of carbonyl (C=O) groups excluding carboxylic acids is 2. The van der Waals surface area contributed by atoms with Crippen LogP contribution in [0.3, 0.4) is 0 Å². The maximum absolute atomic E-state index is 12.2. The summed E-state index contributed by atoms with van der Waals surface area (Å²) in [6.07, 6.45) is 1.50. The van der Waals surface area contributed by atoms with E-state index in [0.29, 0.717) is 17.1 Å². The van der Waals surface area contributed by atoms with Crippen LogP contribution in [0.1, 0.15) is 12.5 Å². The van der Waals surface area contributed by atoms with E-state index in [1.807, 2.05) is 0 Å². The molecule has 0 spiro atoms. The molecule has 2 aromatic carbocycles. The van der Waals surface area contributed by atoms with Crippen LogP contribution in [0.15, 0.2) is 48.5 Å². The second kappa shape index (κ2) is 9.88. The van der Waals surface area contributed by atoms with Crippen molar-refractivity contribution in [2.45, 2.75) is 13.0 Å². The molecule has 0 radical (unpaired) electrons. The monoisotopic (exact) mass is 400 g/mol. The standard InChI is InChI=1S/C20H20N2O7/c1-13(20(24)21-15-6-4-5-7-16(15)22(25)26)29-19(23)11-9-14-8-10-17(27-2)18(12-14)28-3/h4-13H,1-3H3,(H,21,24)/b11-9+. The number of ether oxygens (including phenoxy) is 3. The first kappa shape index (κ1) is 21.4. The second-order valence-electron chi connectivity index (χ2n) is 5.79. The summed E-state index contributed by atoms with van der Waals surface area (Å²) in [4.78, 5) is 34.6. The molecule has 2 rings (SSSR count). The molecule has 152 valence electrons. The fourth-order valence-corrected chi connectivity index (χ4v) is 2.36. The third kappa shape index (κ3) is 5.80. The summed E-state index contributed by atoms with van der Waals surface area (Å²) in [6.45, 7) is 1.37. The second-order valence-corrected chi connectivity index (χ2v) is 5.79. The summed E-state index contributed by atoms with van der Waals surface area (Å²) in [5, 5.41) is 13.4. The lowest BCUT2D eigenvalue weighted by Gasteiger charge is -2.12. The molecule has 0 aliphatic carbocycles. The molecule has 9 nitrogen and oxygen atoms in total. The van der Waals surface area contributed by atoms with E-state index in [1.165, 1.54) is 45.4 Å². The molecule has 0 aromatic heterocycles. The summed E-state index contributed by atoms with van der Waals surface area (Å²) in [5.74, 6) is -0.384. The van der Waals surface area contributed by atoms with E-state index in [2.05, 4.69) is 5.32 Å². The fraction of sp³-hybridized carbons (Fsp3) is 0.200. The maximum Gasteiger partial charge on any atom is 0.331 e. The van der Waals surface area contributed by atoms with Crippen LogP contribution in [0.5, 0.6) is 11.5 Å². The van der Waals surface area contributed by atoms with Crippen molar-refractivity contribution in [2.75, 3.05) is 19.5 Å². The van der Waals surface area contributed by atoms with E-state index >= 15 is 0 Å². The Hall–Kier alpha value is -3.88. The number of hydrogen-bond donors (Lipinski definition) is 1. The number of amides is 1. The van der Waals surface area contributed by atoms with Crippen LogP contribution in [0.4, 0.5) is 11.4 Å². The highest BCUT2D eigenvalue weighted by molar-refractivity contribution is 5.98. The Labute approximate surface area is 167 Å². The number of anilines is 1. The van der Waals surface area contributed by atoms with Crippen LogP contribution in [0, 0.1) is 10.1 Å². The number of benzene rings is 2. The largest absolute Gasteiger partial charge is 0.493 e. The highest BCUT2D eigenvalue weighted by atomic mass is 16.6. The van der Waals surface area contributed by atoms with E-state index in [9.17, 15) is 19.7 Å². The number of para-hydroxylation sites is 2. The predicted molar refractivity (Wildman–Crippen MR) is 106 cm³/mol. The Morgan fingerprint density at radius 1 is 1.10 bits per heavy atom. The van der Waals surface area contributed by atoms with Gasteiger partial charge in [0.2, 0.25) is 0 Å². The zero-order valence-electron chi connectivity index (χ0n) is 16.1. The topological polar surface area (TPSA) is 117 Å². The van der Waals surface area contributed by atoms with Crippen LogP contribution in [-0.4, -0.2) is 37.1 Å². The fourth-order valence-electron chi connectivity index (χ4n) is 2.36. The predicted octanol–water partition coefficient (Wildman–Crippen LogP) is 3.20. The molecule has 0 fully saturated rings. The van der Waals surface area contributed by atoms with Crippen molar-refractivity contribution in [1.82, 2.24) is 0 Å². The average molecular weight is 400 g/mol. The lowest BCUT2D eigenvalue weighted by molar-refractivity contribution is -0.383. The number of nitro groups is 1. The average Bonchev–Trinajstić information content (AvgIpc) is 2.72. The van der Waals surface area contributed by atoms with Gasteiger partial charge in [0.1, 0.15) is 5.69 Å². The van der Waals surface area contributed by atoms with Crippen molar-refractivity contribution in [3.05, 3.63) is 64.2 Å². The molecule has 0 bridgehead atoms. The summed E-state index contributed by atoms with van der Waals surface area (Å²) in [5.41, 5.74) is 0.426. The van der Waals surface area contributed by atoms with Crippen LogP contribution in [-0.2, 0) is 14.3 Å². The van der Waals surface area contributed by atoms with Crippen molar-refractivity contribution < 1.29 is 28.7 Å². The first-order valence-electron chi connectivity index (χ1n) is 8.50. The Morgan fingerprint density at radius 3 is 2.45 bits per heavy atom. The van der Waals surface area contributed by atoms with Crippen molar-refractivity contribution in [2.24, 2.45) is 0 Å². The number of esters is 1. The van der Waals surface area contributed by atoms with Crippen LogP contribution in [0.25, 0.3) is 6.08 Å². The van der Waals surface area contributed by atoms with Gasteiger partial charge < -0.3 is 19.5 Å². The summed E-state index contributed by atoms with van der Waals surface area (Å²) in [7, 11) is 3.01. The number of nitrogens with one attached hydrogen (secondary N) is 1. The van der Waals surface area contributed by atoms with E-state index in [-0.39, 0.29) is 11.4 Å². The minimum atomic E-state index is -1.16. The third-order valence-corrected chi connectivity index (χ3v) is 3.84. The van der Waals surface area contributed by atoms with E-state index in [4.69, 9.17) is 14.2 Å². The molecule has 0 aliphatic rings. The molecule has 0 aliphatic heterocycles. The van der Waals surface area contributed by atoms with Gasteiger partial charge in [-0.2, -0.15) is 0 Å². The van der Waals surface area contributed by atoms with E-state index < -0.39 is 22.9 Å². The molecule has 29 heavy (non-hydrogen) atoms. The van der Waals surface area contributed by atoms with Crippen molar-refractivity contribution in [1.29, 1.82) is 0 Å². The van der Waals surface area contributed by atoms with Gasteiger partial charge in [0.05, 0.1) is 19.1 Å². The van der Waals surface area contributed by atoms with Gasteiger partial charge >= 0.3 is 5.97 Å². The number of nitro benzene ring substituents is 1. The van der Waals surface area contributed by atoms with Gasteiger partial charge in [0.15, 0.2) is 17.6 Å². The molecule has 1 atom stereocenters. The molecule has 0 heterocycles. The van der Waals surface area contributed by atoms with Gasteiger partial charge in [-0.15, -0.1) is 0 Å². The molecule has 0 saturated carbocycles. The minimum Gasteiger partial charge on any atom is -0.493 e. The molecule has 9 heteroatoms. The van der Waals surface area contributed by atoms with Crippen LogP contribution < -0.4 is 14.8 Å². The molecular weight excluding hydrogens is 380 g/mol. The molecule has 2 aromatic rings. The van der Waals surface area contributed by atoms with Crippen molar-refractivity contribution in [3.63, 3.8) is 0 Å². The van der Waals surface area contributed by atoms with Gasteiger partial charge in [0, 0.05) is 12.1 Å². The Balaban J connectivity index is 1.99. The Kier molecular flexibility index (Phi) is 7.30. The lowest BCUT2D eigenvalue weighted by Crippen LogP contribution is -2.29. The smallest absolute Gasteiger partial charge is 0.331 e. The lowest BCUT2D eigenvalue weighted by atomic mass is 10.2. The van der Waals surface area contributed by atoms with Gasteiger partial charge in [-0.1, -0.05) is 18.2 Å². The van der Waals surface area contributed by atoms with Crippen LogP contribution in [0.2, 0.25) is 0 Å². The first-order valence-corrected chi connectivity index (χ1v) is 8.50. The summed E-state index contributed by atoms with van der Waals surface area (Å²) in [6, 6.07) is 10.8. The SMILES string of the molecule is COc1ccc(/C=C/C(=O)OC(C)C(=O)Nc2ccccc2[N+](=O)[O-])cc1OC. The van der Waals surface area contributed by atoms with Gasteiger partial charge in [-0.25, -0.2) is 4.79 Å². The zero-order chi connectivity index (χ0) is 21.4. The number of rotatable bonds is 8. The van der Waals surface area contributed by atoms with E-state index in [0.717, 1.165) is 6.08 Å². The molecule has 0 saturated heterocycles. The van der Waals surface area contributed by atoms with Crippen molar-refractivity contribution >= 4 is 29.3 Å². The number of hydrogen-bond acceptors (Lipinski definition) is 7. The number of nitrogens with zero attached hydrogens (tertiary/aromatic N) is 1. The molecule has 1 unspecified atom stereocenters.